The summed E-state index contributed by atoms with van der Waals surface area (Å²) in [6, 6.07) is 1.56. The maximum absolute atomic E-state index is 13.3. The molecule has 1 aliphatic rings. The zero-order valence-corrected chi connectivity index (χ0v) is 19.3. The molecule has 10 heteroatoms. The standard InChI is InChI=1S/C23H28N8O2/c1-23(2,3)19(22(33)31-7-5-14(9-24)6-8-31)29-21(32)15-10-25-20-18(15)28-16(11-26-20)17-12-30(4)13-27-17/h10-14,19H,5-8H2,1-4H3,(H,25,26)(H,29,32). The Hall–Kier alpha value is -3.74. The molecule has 1 saturated heterocycles. The Morgan fingerprint density at radius 2 is 1.97 bits per heavy atom. The van der Waals surface area contributed by atoms with Crippen LogP contribution in [0.25, 0.3) is 22.6 Å². The van der Waals surface area contributed by atoms with Gasteiger partial charge in [0.25, 0.3) is 5.91 Å². The number of nitrogens with one attached hydrogen (secondary N) is 2. The average Bonchev–Trinajstić information content (AvgIpc) is 3.42. The van der Waals surface area contributed by atoms with E-state index in [1.807, 2.05) is 38.6 Å². The van der Waals surface area contributed by atoms with Gasteiger partial charge in [-0.2, -0.15) is 5.26 Å². The number of piperidine rings is 1. The lowest BCUT2D eigenvalue weighted by Crippen LogP contribution is -2.56. The second kappa shape index (κ2) is 8.65. The van der Waals surface area contributed by atoms with Crippen molar-refractivity contribution in [2.24, 2.45) is 18.4 Å². The second-order valence-corrected chi connectivity index (χ2v) is 9.58. The number of nitriles is 1. The highest BCUT2D eigenvalue weighted by molar-refractivity contribution is 6.06. The maximum atomic E-state index is 13.3. The van der Waals surface area contributed by atoms with Crippen LogP contribution < -0.4 is 5.32 Å². The minimum absolute atomic E-state index is 0.0187. The summed E-state index contributed by atoms with van der Waals surface area (Å²) in [5.41, 5.74) is 1.93. The van der Waals surface area contributed by atoms with Crippen molar-refractivity contribution in [2.75, 3.05) is 13.1 Å². The van der Waals surface area contributed by atoms with E-state index in [1.54, 1.807) is 23.6 Å². The SMILES string of the molecule is Cn1cnc(-c2cnc3[nH]cc(C(=O)NC(C(=O)N4CCC(C#N)CC4)C(C)(C)C)c3n2)c1. The Morgan fingerprint density at radius 3 is 2.58 bits per heavy atom. The topological polar surface area (TPSA) is 133 Å². The quantitative estimate of drug-likeness (QED) is 0.629. The summed E-state index contributed by atoms with van der Waals surface area (Å²) in [5.74, 6) is -0.545. The Balaban J connectivity index is 1.58. The smallest absolute Gasteiger partial charge is 0.255 e. The van der Waals surface area contributed by atoms with Crippen LogP contribution in [0.4, 0.5) is 0 Å². The van der Waals surface area contributed by atoms with Gasteiger partial charge >= 0.3 is 0 Å². The molecular weight excluding hydrogens is 420 g/mol. The zero-order valence-electron chi connectivity index (χ0n) is 19.3. The molecule has 0 bridgehead atoms. The van der Waals surface area contributed by atoms with Gasteiger partial charge in [-0.05, 0) is 18.3 Å². The predicted molar refractivity (Wildman–Crippen MR) is 122 cm³/mol. The molecule has 172 valence electrons. The van der Waals surface area contributed by atoms with Crippen molar-refractivity contribution >= 4 is 23.0 Å². The third-order valence-electron chi connectivity index (χ3n) is 5.97. The molecule has 1 fully saturated rings. The fourth-order valence-corrected chi connectivity index (χ4v) is 4.00. The van der Waals surface area contributed by atoms with E-state index in [0.717, 1.165) is 0 Å². The summed E-state index contributed by atoms with van der Waals surface area (Å²) < 4.78 is 1.81. The molecule has 0 aromatic carbocycles. The molecule has 2 N–H and O–H groups in total. The van der Waals surface area contributed by atoms with Crippen LogP contribution >= 0.6 is 0 Å². The van der Waals surface area contributed by atoms with Crippen molar-refractivity contribution in [3.05, 3.63) is 30.5 Å². The van der Waals surface area contributed by atoms with E-state index < -0.39 is 17.4 Å². The zero-order chi connectivity index (χ0) is 23.8. The molecule has 0 aliphatic carbocycles. The van der Waals surface area contributed by atoms with Crippen LogP contribution in [0.1, 0.15) is 44.0 Å². The van der Waals surface area contributed by atoms with Gasteiger partial charge in [0.05, 0.1) is 24.2 Å². The van der Waals surface area contributed by atoms with Gasteiger partial charge in [0.2, 0.25) is 5.91 Å². The second-order valence-electron chi connectivity index (χ2n) is 9.58. The molecule has 1 aliphatic heterocycles. The predicted octanol–water partition coefficient (Wildman–Crippen LogP) is 2.27. The van der Waals surface area contributed by atoms with Crippen LogP contribution in [0.5, 0.6) is 0 Å². The number of carbonyl (C=O) groups is 2. The van der Waals surface area contributed by atoms with E-state index >= 15 is 0 Å². The first kappa shape index (κ1) is 22.5. The van der Waals surface area contributed by atoms with Gasteiger partial charge in [0, 0.05) is 38.4 Å². The van der Waals surface area contributed by atoms with Gasteiger partial charge in [-0.1, -0.05) is 20.8 Å². The van der Waals surface area contributed by atoms with E-state index in [0.29, 0.717) is 54.0 Å². The number of H-pyrrole nitrogens is 1. The van der Waals surface area contributed by atoms with Crippen LogP contribution in [0.2, 0.25) is 0 Å². The number of amides is 2. The Morgan fingerprint density at radius 1 is 1.24 bits per heavy atom. The first-order valence-electron chi connectivity index (χ1n) is 11.0. The van der Waals surface area contributed by atoms with Crippen LogP contribution in [0, 0.1) is 22.7 Å². The summed E-state index contributed by atoms with van der Waals surface area (Å²) in [5, 5.41) is 12.1. The van der Waals surface area contributed by atoms with E-state index in [4.69, 9.17) is 5.26 Å². The average molecular weight is 449 g/mol. The molecule has 1 unspecified atom stereocenters. The number of carbonyl (C=O) groups excluding carboxylic acids is 2. The lowest BCUT2D eigenvalue weighted by atomic mass is 9.85. The highest BCUT2D eigenvalue weighted by atomic mass is 16.2. The van der Waals surface area contributed by atoms with Crippen molar-refractivity contribution < 1.29 is 9.59 Å². The van der Waals surface area contributed by atoms with Gasteiger partial charge in [-0.25, -0.2) is 15.0 Å². The van der Waals surface area contributed by atoms with E-state index in [-0.39, 0.29) is 11.8 Å². The monoisotopic (exact) mass is 448 g/mol. The summed E-state index contributed by atoms with van der Waals surface area (Å²) >= 11 is 0. The van der Waals surface area contributed by atoms with Gasteiger partial charge in [0.15, 0.2) is 5.65 Å². The summed E-state index contributed by atoms with van der Waals surface area (Å²) in [6.45, 7) is 6.81. The first-order valence-corrected chi connectivity index (χ1v) is 11.0. The van der Waals surface area contributed by atoms with Crippen molar-refractivity contribution in [3.63, 3.8) is 0 Å². The molecule has 3 aromatic rings. The summed E-state index contributed by atoms with van der Waals surface area (Å²) in [7, 11) is 1.87. The van der Waals surface area contributed by atoms with E-state index in [9.17, 15) is 9.59 Å². The Kier molecular flexibility index (Phi) is 5.89. The largest absolute Gasteiger partial charge is 0.344 e. The number of hydrogen-bond donors (Lipinski definition) is 2. The normalized spacial score (nSPS) is 15.9. The number of imidazole rings is 1. The lowest BCUT2D eigenvalue weighted by Gasteiger charge is -2.37. The molecule has 4 heterocycles. The van der Waals surface area contributed by atoms with Crippen LogP contribution in [-0.4, -0.2) is 60.3 Å². The third-order valence-corrected chi connectivity index (χ3v) is 5.97. The number of rotatable bonds is 4. The number of aromatic nitrogens is 5. The molecule has 10 nitrogen and oxygen atoms in total. The highest BCUT2D eigenvalue weighted by Gasteiger charge is 2.37. The summed E-state index contributed by atoms with van der Waals surface area (Å²) in [6.07, 6.45) is 7.97. The van der Waals surface area contributed by atoms with Gasteiger partial charge in [-0.3, -0.25) is 9.59 Å². The van der Waals surface area contributed by atoms with Crippen molar-refractivity contribution in [2.45, 2.75) is 39.7 Å². The fourth-order valence-electron chi connectivity index (χ4n) is 4.00. The van der Waals surface area contributed by atoms with Gasteiger partial charge in [-0.15, -0.1) is 0 Å². The van der Waals surface area contributed by atoms with Gasteiger partial charge < -0.3 is 19.8 Å². The number of aromatic amines is 1. The van der Waals surface area contributed by atoms with Crippen molar-refractivity contribution in [1.29, 1.82) is 5.26 Å². The minimum Gasteiger partial charge on any atom is -0.344 e. The number of aryl methyl sites for hydroxylation is 1. The molecule has 0 radical (unpaired) electrons. The summed E-state index contributed by atoms with van der Waals surface area (Å²) in [4.78, 5) is 44.6. The maximum Gasteiger partial charge on any atom is 0.255 e. The number of hydrogen-bond acceptors (Lipinski definition) is 6. The van der Waals surface area contributed by atoms with Crippen LogP contribution in [0.15, 0.2) is 24.9 Å². The highest BCUT2D eigenvalue weighted by Crippen LogP contribution is 2.26. The fraction of sp³-hybridized carbons (Fsp3) is 0.478. The number of likely N-dealkylation sites (tertiary alicyclic amines) is 1. The lowest BCUT2D eigenvalue weighted by molar-refractivity contribution is -0.137. The Labute approximate surface area is 192 Å². The molecule has 33 heavy (non-hydrogen) atoms. The molecule has 2 amide bonds. The number of nitrogens with zero attached hydrogens (tertiary/aromatic N) is 6. The molecule has 1 atom stereocenters. The van der Waals surface area contributed by atoms with Crippen LogP contribution in [0.3, 0.4) is 0 Å². The molecule has 3 aromatic heterocycles. The Bertz CT molecular complexity index is 1220. The van der Waals surface area contributed by atoms with Gasteiger partial charge in [0.1, 0.15) is 22.9 Å². The number of fused-ring (bicyclic) bond motifs is 1. The third kappa shape index (κ3) is 4.58. The minimum atomic E-state index is -0.722. The van der Waals surface area contributed by atoms with Crippen LogP contribution in [-0.2, 0) is 11.8 Å². The molecule has 4 rings (SSSR count). The molecular formula is C23H28N8O2. The van der Waals surface area contributed by atoms with Crippen molar-refractivity contribution in [1.82, 2.24) is 34.7 Å². The van der Waals surface area contributed by atoms with E-state index in [2.05, 4.69) is 31.3 Å². The van der Waals surface area contributed by atoms with Crippen molar-refractivity contribution in [3.8, 4) is 17.5 Å². The van der Waals surface area contributed by atoms with E-state index in [1.165, 1.54) is 0 Å². The molecule has 0 spiro atoms. The molecule has 0 saturated carbocycles. The first-order chi connectivity index (χ1) is 15.7.